The van der Waals surface area contributed by atoms with E-state index in [-0.39, 0.29) is 17.4 Å². The molecule has 9 nitrogen and oxygen atoms in total. The van der Waals surface area contributed by atoms with Gasteiger partial charge in [-0.15, -0.1) is 0 Å². The molecule has 2 heterocycles. The zero-order valence-corrected chi connectivity index (χ0v) is 21.9. The van der Waals surface area contributed by atoms with Crippen LogP contribution in [0.15, 0.2) is 42.6 Å². The molecule has 2 N–H and O–H groups in total. The lowest BCUT2D eigenvalue weighted by Gasteiger charge is -2.34. The molecule has 11 heteroatoms. The van der Waals surface area contributed by atoms with Gasteiger partial charge in [0, 0.05) is 44.1 Å². The van der Waals surface area contributed by atoms with Crippen molar-refractivity contribution >= 4 is 52.1 Å². The number of carbonyl (C=O) groups excluding carboxylic acids is 1. The summed E-state index contributed by atoms with van der Waals surface area (Å²) in [5.74, 6) is 0.678. The first-order valence-electron chi connectivity index (χ1n) is 11.5. The van der Waals surface area contributed by atoms with Crippen LogP contribution >= 0.6 is 23.2 Å². The van der Waals surface area contributed by atoms with Crippen molar-refractivity contribution in [2.75, 3.05) is 62.5 Å². The largest absolute Gasteiger partial charge is 0.495 e. The van der Waals surface area contributed by atoms with Gasteiger partial charge in [0.2, 0.25) is 11.8 Å². The van der Waals surface area contributed by atoms with Crippen LogP contribution in [0.4, 0.5) is 23.0 Å². The van der Waals surface area contributed by atoms with E-state index in [0.717, 1.165) is 43.3 Å². The lowest BCUT2D eigenvalue weighted by molar-refractivity contribution is 0.102. The summed E-state index contributed by atoms with van der Waals surface area (Å²) < 4.78 is 11.3. The molecule has 4 rings (SSSR count). The maximum absolute atomic E-state index is 12.9. The van der Waals surface area contributed by atoms with E-state index < -0.39 is 5.91 Å². The highest BCUT2D eigenvalue weighted by Gasteiger charge is 2.20. The summed E-state index contributed by atoms with van der Waals surface area (Å²) in [5, 5.41) is 6.52. The van der Waals surface area contributed by atoms with E-state index in [0.29, 0.717) is 22.3 Å². The second-order valence-corrected chi connectivity index (χ2v) is 9.01. The molecule has 1 aliphatic rings. The summed E-state index contributed by atoms with van der Waals surface area (Å²) in [4.78, 5) is 26.3. The number of hydrogen-bond donors (Lipinski definition) is 2. The van der Waals surface area contributed by atoms with Crippen molar-refractivity contribution in [3.05, 3.63) is 58.2 Å². The molecule has 0 saturated carbocycles. The Hall–Kier alpha value is -3.27. The summed E-state index contributed by atoms with van der Waals surface area (Å²) in [5.41, 5.74) is 2.24. The van der Waals surface area contributed by atoms with Crippen LogP contribution < -0.4 is 25.0 Å². The predicted octanol–water partition coefficient (Wildman–Crippen LogP) is 4.94. The molecule has 1 aromatic heterocycles. The van der Waals surface area contributed by atoms with Gasteiger partial charge in [-0.05, 0) is 38.2 Å². The standard InChI is InChI=1S/C25H28Cl2N6O3/c1-4-36-24-17(23(34)30-22-18(26)6-5-7-19(22)27)15-28-25(31-24)29-16-8-9-20(21(14-16)35-3)33-12-10-32(2)11-13-33/h5-9,14-15H,4,10-13H2,1-3H3,(H,30,34)(H,28,29,31). The number of anilines is 4. The highest BCUT2D eigenvalue weighted by molar-refractivity contribution is 6.40. The van der Waals surface area contributed by atoms with Crippen LogP contribution in [-0.4, -0.2) is 67.7 Å². The number of carbonyl (C=O) groups is 1. The molecule has 2 aromatic carbocycles. The van der Waals surface area contributed by atoms with Crippen LogP contribution in [0.5, 0.6) is 11.6 Å². The number of ether oxygens (including phenoxy) is 2. The SMILES string of the molecule is CCOc1nc(Nc2ccc(N3CCN(C)CC3)c(OC)c2)ncc1C(=O)Nc1c(Cl)cccc1Cl. The molecule has 1 aliphatic heterocycles. The Bertz CT molecular complexity index is 1210. The van der Waals surface area contributed by atoms with Gasteiger partial charge in [-0.1, -0.05) is 29.3 Å². The summed E-state index contributed by atoms with van der Waals surface area (Å²) >= 11 is 12.4. The van der Waals surface area contributed by atoms with E-state index >= 15 is 0 Å². The van der Waals surface area contributed by atoms with Gasteiger partial charge in [0.25, 0.3) is 5.91 Å². The summed E-state index contributed by atoms with van der Waals surface area (Å²) in [7, 11) is 3.78. The second-order valence-electron chi connectivity index (χ2n) is 8.20. The van der Waals surface area contributed by atoms with Crippen LogP contribution in [0.3, 0.4) is 0 Å². The average molecular weight is 531 g/mol. The van der Waals surface area contributed by atoms with Crippen molar-refractivity contribution in [3.63, 3.8) is 0 Å². The molecule has 0 radical (unpaired) electrons. The molecule has 1 fully saturated rings. The monoisotopic (exact) mass is 530 g/mol. The number of amides is 1. The molecule has 3 aromatic rings. The molecular formula is C25H28Cl2N6O3. The predicted molar refractivity (Wildman–Crippen MR) is 144 cm³/mol. The summed E-state index contributed by atoms with van der Waals surface area (Å²) in [6.07, 6.45) is 1.40. The van der Waals surface area contributed by atoms with Crippen molar-refractivity contribution in [2.45, 2.75) is 6.92 Å². The molecular weight excluding hydrogens is 503 g/mol. The average Bonchev–Trinajstić information content (AvgIpc) is 2.87. The normalized spacial score (nSPS) is 13.9. The zero-order chi connectivity index (χ0) is 25.7. The van der Waals surface area contributed by atoms with Crippen LogP contribution in [0.25, 0.3) is 0 Å². The van der Waals surface area contributed by atoms with E-state index in [1.165, 1.54) is 6.20 Å². The lowest BCUT2D eigenvalue weighted by atomic mass is 10.2. The van der Waals surface area contributed by atoms with E-state index in [4.69, 9.17) is 32.7 Å². The first kappa shape index (κ1) is 25.8. The Labute approximate surface area is 220 Å². The van der Waals surface area contributed by atoms with E-state index in [1.54, 1.807) is 25.3 Å². The quantitative estimate of drug-likeness (QED) is 0.423. The fourth-order valence-electron chi connectivity index (χ4n) is 3.82. The maximum Gasteiger partial charge on any atom is 0.262 e. The Balaban J connectivity index is 1.54. The Morgan fingerprint density at radius 1 is 1.11 bits per heavy atom. The first-order chi connectivity index (χ1) is 17.4. The number of piperazine rings is 1. The number of para-hydroxylation sites is 1. The third-order valence-corrected chi connectivity index (χ3v) is 6.39. The summed E-state index contributed by atoms with van der Waals surface area (Å²) in [6.45, 7) is 5.99. The maximum atomic E-state index is 12.9. The number of hydrogen-bond acceptors (Lipinski definition) is 8. The van der Waals surface area contributed by atoms with Gasteiger partial charge in [-0.2, -0.15) is 4.98 Å². The van der Waals surface area contributed by atoms with Crippen LogP contribution in [0.2, 0.25) is 10.0 Å². The minimum atomic E-state index is -0.488. The third-order valence-electron chi connectivity index (χ3n) is 5.76. The fraction of sp³-hybridized carbons (Fsp3) is 0.320. The van der Waals surface area contributed by atoms with Gasteiger partial charge >= 0.3 is 0 Å². The van der Waals surface area contributed by atoms with Gasteiger partial charge in [-0.3, -0.25) is 4.79 Å². The minimum Gasteiger partial charge on any atom is -0.495 e. The fourth-order valence-corrected chi connectivity index (χ4v) is 4.31. The first-order valence-corrected chi connectivity index (χ1v) is 12.3. The third kappa shape index (κ3) is 5.92. The number of rotatable bonds is 8. The van der Waals surface area contributed by atoms with Crippen molar-refractivity contribution < 1.29 is 14.3 Å². The van der Waals surface area contributed by atoms with Gasteiger partial charge in [0.15, 0.2) is 0 Å². The van der Waals surface area contributed by atoms with Crippen molar-refractivity contribution in [1.29, 1.82) is 0 Å². The van der Waals surface area contributed by atoms with E-state index in [1.807, 2.05) is 25.1 Å². The molecule has 0 unspecified atom stereocenters. The number of aromatic nitrogens is 2. The molecule has 0 atom stereocenters. The number of benzene rings is 2. The topological polar surface area (TPSA) is 91.8 Å². The molecule has 0 aliphatic carbocycles. The van der Waals surface area contributed by atoms with Crippen molar-refractivity contribution in [3.8, 4) is 11.6 Å². The number of nitrogens with zero attached hydrogens (tertiary/aromatic N) is 4. The number of methoxy groups -OCH3 is 1. The molecule has 1 amide bonds. The van der Waals surface area contributed by atoms with Gasteiger partial charge < -0.3 is 29.9 Å². The highest BCUT2D eigenvalue weighted by Crippen LogP contribution is 2.33. The van der Waals surface area contributed by atoms with Gasteiger partial charge in [0.05, 0.1) is 35.1 Å². The number of halogens is 2. The van der Waals surface area contributed by atoms with Crippen LogP contribution in [0, 0.1) is 0 Å². The van der Waals surface area contributed by atoms with Crippen LogP contribution in [0.1, 0.15) is 17.3 Å². The summed E-state index contributed by atoms with van der Waals surface area (Å²) in [6, 6.07) is 10.8. The van der Waals surface area contributed by atoms with Crippen LogP contribution in [-0.2, 0) is 0 Å². The van der Waals surface area contributed by atoms with Crippen molar-refractivity contribution in [2.24, 2.45) is 0 Å². The molecule has 0 spiro atoms. The van der Waals surface area contributed by atoms with Gasteiger partial charge in [-0.25, -0.2) is 4.98 Å². The molecule has 190 valence electrons. The second kappa shape index (κ2) is 11.6. The smallest absolute Gasteiger partial charge is 0.262 e. The highest BCUT2D eigenvalue weighted by atomic mass is 35.5. The Kier molecular flexibility index (Phi) is 8.35. The Morgan fingerprint density at radius 2 is 1.83 bits per heavy atom. The molecule has 1 saturated heterocycles. The number of likely N-dealkylation sites (N-methyl/N-ethyl adjacent to an activating group) is 1. The van der Waals surface area contributed by atoms with E-state index in [9.17, 15) is 4.79 Å². The van der Waals surface area contributed by atoms with Crippen molar-refractivity contribution in [1.82, 2.24) is 14.9 Å². The van der Waals surface area contributed by atoms with E-state index in [2.05, 4.69) is 37.4 Å². The molecule has 0 bridgehead atoms. The van der Waals surface area contributed by atoms with Gasteiger partial charge in [0.1, 0.15) is 11.3 Å². The Morgan fingerprint density at radius 3 is 2.50 bits per heavy atom. The number of nitrogens with one attached hydrogen (secondary N) is 2. The zero-order valence-electron chi connectivity index (χ0n) is 20.3. The lowest BCUT2D eigenvalue weighted by Crippen LogP contribution is -2.44. The minimum absolute atomic E-state index is 0.136. The molecule has 36 heavy (non-hydrogen) atoms.